The molecule has 3 nitrogen and oxygen atoms in total. The molecule has 2 saturated heterocycles. The first kappa shape index (κ1) is 15.6. The highest BCUT2D eigenvalue weighted by Crippen LogP contribution is 2.52. The summed E-state index contributed by atoms with van der Waals surface area (Å²) in [5.41, 5.74) is 0.773. The van der Waals surface area contributed by atoms with Gasteiger partial charge in [0.25, 0.3) is 0 Å². The van der Waals surface area contributed by atoms with Gasteiger partial charge in [0, 0.05) is 12.7 Å². The van der Waals surface area contributed by atoms with Crippen molar-refractivity contribution in [2.45, 2.75) is 30.9 Å². The third kappa shape index (κ3) is 2.33. The highest BCUT2D eigenvalue weighted by atomic mass is 19.2. The molecule has 0 N–H and O–H groups in total. The van der Waals surface area contributed by atoms with Gasteiger partial charge in [-0.15, -0.1) is 0 Å². The third-order valence-corrected chi connectivity index (χ3v) is 5.18. The van der Waals surface area contributed by atoms with Crippen LogP contribution in [-0.4, -0.2) is 19.6 Å². The molecule has 2 fully saturated rings. The number of fused-ring (bicyclic) bond motifs is 2. The Bertz CT molecular complexity index is 789. The van der Waals surface area contributed by atoms with Gasteiger partial charge in [0.15, 0.2) is 0 Å². The number of ether oxygens (including phenoxy) is 3. The van der Waals surface area contributed by atoms with E-state index >= 15 is 4.39 Å². The quantitative estimate of drug-likeness (QED) is 0.802. The molecule has 4 rings (SSSR count). The first-order valence-corrected chi connectivity index (χ1v) is 8.31. The summed E-state index contributed by atoms with van der Waals surface area (Å²) >= 11 is 0. The second-order valence-electron chi connectivity index (χ2n) is 6.59. The summed E-state index contributed by atoms with van der Waals surface area (Å²) in [5, 5.41) is 2.17. The molecule has 0 amide bonds. The maximum atomic E-state index is 15.5. The molecule has 2 aromatic rings. The molecule has 4 heteroatoms. The molecule has 2 aliphatic rings. The summed E-state index contributed by atoms with van der Waals surface area (Å²) < 4.78 is 32.8. The van der Waals surface area contributed by atoms with Crippen LogP contribution in [0.1, 0.15) is 24.8 Å². The molecule has 3 atom stereocenters. The molecule has 0 radical (unpaired) electrons. The Morgan fingerprint density at radius 2 is 2.00 bits per heavy atom. The molecule has 0 bridgehead atoms. The zero-order chi connectivity index (χ0) is 16.8. The van der Waals surface area contributed by atoms with Crippen molar-refractivity contribution in [1.82, 2.24) is 0 Å². The van der Waals surface area contributed by atoms with Gasteiger partial charge in [-0.3, -0.25) is 0 Å². The van der Waals surface area contributed by atoms with Crippen LogP contribution in [0.25, 0.3) is 10.8 Å². The van der Waals surface area contributed by atoms with Gasteiger partial charge in [-0.25, -0.2) is 4.39 Å². The summed E-state index contributed by atoms with van der Waals surface area (Å²) in [4.78, 5) is 0. The summed E-state index contributed by atoms with van der Waals surface area (Å²) in [5.74, 6) is -3.05. The van der Waals surface area contributed by atoms with Crippen LogP contribution in [0.15, 0.2) is 54.8 Å². The van der Waals surface area contributed by atoms with Crippen molar-refractivity contribution in [3.05, 3.63) is 60.4 Å². The molecule has 1 unspecified atom stereocenters. The second kappa shape index (κ2) is 5.57. The Labute approximate surface area is 141 Å². The fourth-order valence-electron chi connectivity index (χ4n) is 3.88. The van der Waals surface area contributed by atoms with Gasteiger partial charge in [0.1, 0.15) is 5.76 Å². The molecule has 2 heterocycles. The molecule has 0 spiro atoms. The lowest BCUT2D eigenvalue weighted by Crippen LogP contribution is -2.53. The zero-order valence-electron chi connectivity index (χ0n) is 13.8. The Morgan fingerprint density at radius 3 is 2.79 bits per heavy atom. The van der Waals surface area contributed by atoms with Crippen molar-refractivity contribution < 1.29 is 18.6 Å². The topological polar surface area (TPSA) is 27.7 Å². The standard InChI is InChI=1S/C20H21FO3/c1-14-18-8-5-11-23-19(18,21)13-20(22-2,24-14)17-10-9-15-6-3-4-7-16(15)12-17/h3-4,6-7,9-10,12,18H,1,5,8,11,13H2,2H3/t18?,19-,20-/m0/s1. The molecule has 126 valence electrons. The van der Waals surface area contributed by atoms with Crippen LogP contribution < -0.4 is 0 Å². The molecule has 2 aromatic carbocycles. The van der Waals surface area contributed by atoms with E-state index in [1.54, 1.807) is 0 Å². The fourth-order valence-corrected chi connectivity index (χ4v) is 3.88. The minimum absolute atomic E-state index is 0.00146. The number of hydrogen-bond acceptors (Lipinski definition) is 3. The second-order valence-corrected chi connectivity index (χ2v) is 6.59. The average Bonchev–Trinajstić information content (AvgIpc) is 2.60. The number of methoxy groups -OCH3 is 1. The van der Waals surface area contributed by atoms with E-state index in [2.05, 4.69) is 6.58 Å². The summed E-state index contributed by atoms with van der Waals surface area (Å²) in [6.07, 6.45) is 1.50. The van der Waals surface area contributed by atoms with E-state index in [-0.39, 0.29) is 6.42 Å². The van der Waals surface area contributed by atoms with Gasteiger partial charge < -0.3 is 14.2 Å². The summed E-state index contributed by atoms with van der Waals surface area (Å²) in [6, 6.07) is 13.9. The molecular formula is C20H21FO3. The molecule has 0 aromatic heterocycles. The van der Waals surface area contributed by atoms with E-state index in [4.69, 9.17) is 14.2 Å². The van der Waals surface area contributed by atoms with Gasteiger partial charge in [0.2, 0.25) is 11.6 Å². The van der Waals surface area contributed by atoms with E-state index in [1.807, 2.05) is 42.5 Å². The van der Waals surface area contributed by atoms with Crippen LogP contribution in [-0.2, 0) is 20.0 Å². The number of rotatable bonds is 2. The van der Waals surface area contributed by atoms with E-state index < -0.39 is 17.6 Å². The van der Waals surface area contributed by atoms with Gasteiger partial charge >= 0.3 is 0 Å². The molecule has 0 saturated carbocycles. The number of alkyl halides is 1. The number of halogens is 1. The highest BCUT2D eigenvalue weighted by molar-refractivity contribution is 5.83. The van der Waals surface area contributed by atoms with Gasteiger partial charge in [-0.2, -0.15) is 0 Å². The maximum Gasteiger partial charge on any atom is 0.242 e. The third-order valence-electron chi connectivity index (χ3n) is 5.18. The van der Waals surface area contributed by atoms with Crippen molar-refractivity contribution in [1.29, 1.82) is 0 Å². The molecular weight excluding hydrogens is 307 g/mol. The minimum atomic E-state index is -1.80. The number of hydrogen-bond donors (Lipinski definition) is 0. The van der Waals surface area contributed by atoms with Gasteiger partial charge in [0.05, 0.1) is 18.9 Å². The van der Waals surface area contributed by atoms with Crippen molar-refractivity contribution >= 4 is 10.8 Å². The van der Waals surface area contributed by atoms with E-state index in [0.29, 0.717) is 18.8 Å². The minimum Gasteiger partial charge on any atom is -0.462 e. The van der Waals surface area contributed by atoms with Crippen molar-refractivity contribution in [3.8, 4) is 0 Å². The predicted molar refractivity (Wildman–Crippen MR) is 90.0 cm³/mol. The Kier molecular flexibility index (Phi) is 3.62. The zero-order valence-corrected chi connectivity index (χ0v) is 13.8. The van der Waals surface area contributed by atoms with Crippen LogP contribution in [0, 0.1) is 5.92 Å². The van der Waals surface area contributed by atoms with Crippen molar-refractivity contribution in [3.63, 3.8) is 0 Å². The van der Waals surface area contributed by atoms with Crippen LogP contribution >= 0.6 is 0 Å². The lowest BCUT2D eigenvalue weighted by atomic mass is 9.81. The van der Waals surface area contributed by atoms with Crippen LogP contribution in [0.4, 0.5) is 4.39 Å². The Hall–Kier alpha value is -1.91. The van der Waals surface area contributed by atoms with Crippen LogP contribution in [0.5, 0.6) is 0 Å². The summed E-state index contributed by atoms with van der Waals surface area (Å²) in [6.45, 7) is 4.37. The van der Waals surface area contributed by atoms with Gasteiger partial charge in [-0.05, 0) is 29.7 Å². The van der Waals surface area contributed by atoms with E-state index in [9.17, 15) is 0 Å². The molecule has 24 heavy (non-hydrogen) atoms. The summed E-state index contributed by atoms with van der Waals surface area (Å²) in [7, 11) is 1.54. The van der Waals surface area contributed by atoms with E-state index in [0.717, 1.165) is 22.8 Å². The van der Waals surface area contributed by atoms with Crippen LogP contribution in [0.2, 0.25) is 0 Å². The fraction of sp³-hybridized carbons (Fsp3) is 0.400. The predicted octanol–water partition coefficient (Wildman–Crippen LogP) is 4.67. The maximum absolute atomic E-state index is 15.5. The average molecular weight is 328 g/mol. The first-order valence-electron chi connectivity index (χ1n) is 8.31. The molecule has 0 aliphatic carbocycles. The highest BCUT2D eigenvalue weighted by Gasteiger charge is 2.57. The Morgan fingerprint density at radius 1 is 1.21 bits per heavy atom. The smallest absolute Gasteiger partial charge is 0.242 e. The SMILES string of the molecule is C=C1O[C@](OC)(c2ccc3ccccc3c2)C[C@]2(F)OCCCC12. The molecule has 2 aliphatic heterocycles. The number of benzene rings is 2. The lowest BCUT2D eigenvalue weighted by Gasteiger charge is -2.49. The van der Waals surface area contributed by atoms with Crippen molar-refractivity contribution in [2.75, 3.05) is 13.7 Å². The largest absolute Gasteiger partial charge is 0.462 e. The lowest BCUT2D eigenvalue weighted by molar-refractivity contribution is -0.328. The Balaban J connectivity index is 1.79. The first-order chi connectivity index (χ1) is 11.6. The normalized spacial score (nSPS) is 33.1. The van der Waals surface area contributed by atoms with Crippen LogP contribution in [0.3, 0.4) is 0 Å². The monoisotopic (exact) mass is 328 g/mol. The van der Waals surface area contributed by atoms with Gasteiger partial charge in [-0.1, -0.05) is 43.0 Å². The van der Waals surface area contributed by atoms with E-state index in [1.165, 1.54) is 7.11 Å². The van der Waals surface area contributed by atoms with Crippen molar-refractivity contribution in [2.24, 2.45) is 5.92 Å².